The van der Waals surface area contributed by atoms with Crippen LogP contribution in [0.15, 0.2) is 12.1 Å². The van der Waals surface area contributed by atoms with Crippen LogP contribution in [0.25, 0.3) is 0 Å². The maximum Gasteiger partial charge on any atom is 0.308 e. The zero-order chi connectivity index (χ0) is 15.2. The van der Waals surface area contributed by atoms with Crippen LogP contribution in [-0.4, -0.2) is 17.4 Å². The molecule has 0 atom stereocenters. The van der Waals surface area contributed by atoms with Gasteiger partial charge in [-0.15, -0.1) is 0 Å². The fraction of sp³-hybridized carbons (Fsp3) is 0.500. The molecule has 0 radical (unpaired) electrons. The van der Waals surface area contributed by atoms with Crippen LogP contribution in [-0.2, 0) is 0 Å². The first-order valence-electron chi connectivity index (χ1n) is 6.84. The van der Waals surface area contributed by atoms with Gasteiger partial charge in [-0.3, -0.25) is 14.9 Å². The second-order valence-electron chi connectivity index (χ2n) is 5.86. The van der Waals surface area contributed by atoms with E-state index in [9.17, 15) is 23.7 Å². The number of nitro benzene ring substituents is 1. The minimum Gasteiger partial charge on any atom is -0.351 e. The molecule has 1 N–H and O–H groups in total. The molecular formula is C14H14F2N2O3. The fourth-order valence-corrected chi connectivity index (χ4v) is 2.81. The highest BCUT2D eigenvalue weighted by Gasteiger charge is 2.53. The molecule has 2 fully saturated rings. The summed E-state index contributed by atoms with van der Waals surface area (Å²) in [5.74, 6) is -2.49. The number of halogens is 2. The smallest absolute Gasteiger partial charge is 0.308 e. The number of carbonyl (C=O) groups is 1. The van der Waals surface area contributed by atoms with E-state index in [0.717, 1.165) is 25.7 Å². The van der Waals surface area contributed by atoms with Crippen LogP contribution in [0.4, 0.5) is 14.5 Å². The summed E-state index contributed by atoms with van der Waals surface area (Å²) in [6.45, 7) is 0.417. The zero-order valence-corrected chi connectivity index (χ0v) is 11.2. The Hall–Kier alpha value is -2.05. The Morgan fingerprint density at radius 3 is 2.57 bits per heavy atom. The van der Waals surface area contributed by atoms with Gasteiger partial charge in [0.05, 0.1) is 16.6 Å². The number of nitrogens with one attached hydrogen (secondary N) is 1. The molecule has 7 heteroatoms. The topological polar surface area (TPSA) is 72.2 Å². The average molecular weight is 296 g/mol. The summed E-state index contributed by atoms with van der Waals surface area (Å²) in [6, 6.07) is 1.16. The highest BCUT2D eigenvalue weighted by atomic mass is 19.1. The Labute approximate surface area is 119 Å². The second-order valence-corrected chi connectivity index (χ2v) is 5.86. The Bertz CT molecular complexity index is 625. The van der Waals surface area contributed by atoms with Crippen molar-refractivity contribution in [2.24, 2.45) is 11.3 Å². The van der Waals surface area contributed by atoms with E-state index in [-0.39, 0.29) is 5.41 Å². The van der Waals surface area contributed by atoms with Gasteiger partial charge in [-0.05, 0) is 43.1 Å². The van der Waals surface area contributed by atoms with E-state index < -0.39 is 33.7 Å². The van der Waals surface area contributed by atoms with E-state index in [1.165, 1.54) is 0 Å². The molecule has 0 spiro atoms. The lowest BCUT2D eigenvalue weighted by Gasteiger charge is -2.15. The first-order valence-corrected chi connectivity index (χ1v) is 6.84. The molecule has 2 saturated carbocycles. The van der Waals surface area contributed by atoms with Crippen molar-refractivity contribution in [3.05, 3.63) is 39.4 Å². The molecule has 2 aliphatic rings. The summed E-state index contributed by atoms with van der Waals surface area (Å²) < 4.78 is 27.2. The number of nitrogens with zero attached hydrogens (tertiary/aromatic N) is 1. The molecule has 1 amide bonds. The minimum absolute atomic E-state index is 0.116. The summed E-state index contributed by atoms with van der Waals surface area (Å²) in [6.07, 6.45) is 4.36. The Balaban J connectivity index is 1.76. The number of carbonyl (C=O) groups excluding carboxylic acids is 1. The van der Waals surface area contributed by atoms with Crippen molar-refractivity contribution in [2.75, 3.05) is 6.54 Å². The normalized spacial score (nSPS) is 19.1. The van der Waals surface area contributed by atoms with E-state index in [2.05, 4.69) is 5.32 Å². The van der Waals surface area contributed by atoms with Crippen molar-refractivity contribution in [3.63, 3.8) is 0 Å². The molecule has 0 saturated heterocycles. The Morgan fingerprint density at radius 1 is 1.38 bits per heavy atom. The number of benzene rings is 1. The van der Waals surface area contributed by atoms with Gasteiger partial charge in [0, 0.05) is 6.54 Å². The minimum atomic E-state index is -1.30. The molecule has 0 bridgehead atoms. The van der Waals surface area contributed by atoms with Crippen molar-refractivity contribution in [1.82, 2.24) is 5.32 Å². The van der Waals surface area contributed by atoms with Crippen LogP contribution in [0.2, 0.25) is 0 Å². The first kappa shape index (κ1) is 13.9. The number of rotatable bonds is 5. The largest absolute Gasteiger partial charge is 0.351 e. The highest BCUT2D eigenvalue weighted by Crippen LogP contribution is 2.60. The maximum absolute atomic E-state index is 13.9. The van der Waals surface area contributed by atoms with Gasteiger partial charge >= 0.3 is 5.69 Å². The lowest BCUT2D eigenvalue weighted by molar-refractivity contribution is -0.387. The van der Waals surface area contributed by atoms with Gasteiger partial charge in [0.25, 0.3) is 5.91 Å². The first-order chi connectivity index (χ1) is 9.93. The molecule has 0 aliphatic heterocycles. The molecular weight excluding hydrogens is 282 g/mol. The molecule has 0 heterocycles. The van der Waals surface area contributed by atoms with Crippen LogP contribution in [0.5, 0.6) is 0 Å². The molecule has 0 aromatic heterocycles. The van der Waals surface area contributed by atoms with Gasteiger partial charge in [-0.1, -0.05) is 0 Å². The molecule has 5 nitrogen and oxygen atoms in total. The number of hydrogen-bond donors (Lipinski definition) is 1. The third-order valence-electron chi connectivity index (χ3n) is 4.40. The summed E-state index contributed by atoms with van der Waals surface area (Å²) >= 11 is 0. The number of amides is 1. The summed E-state index contributed by atoms with van der Waals surface area (Å²) in [5.41, 5.74) is -1.53. The summed E-state index contributed by atoms with van der Waals surface area (Å²) in [7, 11) is 0. The molecule has 1 aromatic carbocycles. The van der Waals surface area contributed by atoms with Gasteiger partial charge in [-0.25, -0.2) is 4.39 Å². The predicted molar refractivity (Wildman–Crippen MR) is 69.7 cm³/mol. The summed E-state index contributed by atoms with van der Waals surface area (Å²) in [5, 5.41) is 13.2. The molecule has 1 aromatic rings. The number of hydrogen-bond acceptors (Lipinski definition) is 3. The van der Waals surface area contributed by atoms with Crippen molar-refractivity contribution in [1.29, 1.82) is 0 Å². The van der Waals surface area contributed by atoms with Crippen molar-refractivity contribution >= 4 is 11.6 Å². The van der Waals surface area contributed by atoms with E-state index in [4.69, 9.17) is 0 Å². The van der Waals surface area contributed by atoms with E-state index in [1.54, 1.807) is 0 Å². The highest BCUT2D eigenvalue weighted by molar-refractivity contribution is 5.95. The fourth-order valence-electron chi connectivity index (χ4n) is 2.81. The molecule has 0 unspecified atom stereocenters. The zero-order valence-electron chi connectivity index (χ0n) is 11.2. The second kappa shape index (κ2) is 4.75. The van der Waals surface area contributed by atoms with Crippen molar-refractivity contribution in [3.8, 4) is 0 Å². The van der Waals surface area contributed by atoms with Crippen molar-refractivity contribution in [2.45, 2.75) is 25.7 Å². The molecule has 3 rings (SSSR count). The Morgan fingerprint density at radius 2 is 2.05 bits per heavy atom. The van der Waals surface area contributed by atoms with Gasteiger partial charge in [-0.2, -0.15) is 4.39 Å². The van der Waals surface area contributed by atoms with Crippen LogP contribution in [0.3, 0.4) is 0 Å². The van der Waals surface area contributed by atoms with E-state index in [0.29, 0.717) is 24.6 Å². The van der Waals surface area contributed by atoms with Gasteiger partial charge in [0.15, 0.2) is 0 Å². The maximum atomic E-state index is 13.9. The monoisotopic (exact) mass is 296 g/mol. The Kier molecular flexibility index (Phi) is 3.15. The lowest BCUT2D eigenvalue weighted by Crippen LogP contribution is -2.32. The SMILES string of the molecule is O=C(NCC1(C2CC2)CC1)c1cc(F)cc([N+](=O)[O-])c1F. The van der Waals surface area contributed by atoms with E-state index in [1.807, 2.05) is 0 Å². The van der Waals surface area contributed by atoms with Crippen LogP contribution < -0.4 is 5.32 Å². The van der Waals surface area contributed by atoms with Crippen LogP contribution >= 0.6 is 0 Å². The predicted octanol–water partition coefficient (Wildman–Crippen LogP) is 2.79. The molecule has 21 heavy (non-hydrogen) atoms. The molecule has 2 aliphatic carbocycles. The third kappa shape index (κ3) is 2.59. The van der Waals surface area contributed by atoms with Crippen LogP contribution in [0, 0.1) is 33.1 Å². The van der Waals surface area contributed by atoms with E-state index >= 15 is 0 Å². The molecule has 112 valence electrons. The average Bonchev–Trinajstić information content (AvgIpc) is 3.29. The quantitative estimate of drug-likeness (QED) is 0.670. The van der Waals surface area contributed by atoms with Crippen LogP contribution in [0.1, 0.15) is 36.0 Å². The van der Waals surface area contributed by atoms with Gasteiger partial charge in [0.2, 0.25) is 5.82 Å². The lowest BCUT2D eigenvalue weighted by atomic mass is 10.0. The number of nitro groups is 1. The van der Waals surface area contributed by atoms with Crippen molar-refractivity contribution < 1.29 is 18.5 Å². The summed E-state index contributed by atoms with van der Waals surface area (Å²) in [4.78, 5) is 21.6. The third-order valence-corrected chi connectivity index (χ3v) is 4.40. The van der Waals surface area contributed by atoms with Gasteiger partial charge in [0.1, 0.15) is 5.82 Å². The van der Waals surface area contributed by atoms with Gasteiger partial charge < -0.3 is 5.32 Å². The standard InChI is InChI=1S/C14H14F2N2O3/c15-9-5-10(12(16)11(6-9)18(20)21)13(19)17-7-14(3-4-14)8-1-2-8/h5-6,8H,1-4,7H2,(H,17,19).